The highest BCUT2D eigenvalue weighted by Gasteiger charge is 2.31. The van der Waals surface area contributed by atoms with E-state index in [0.29, 0.717) is 96.1 Å². The Balaban J connectivity index is 6.37. The fraction of sp³-hybridized carbons (Fsp3) is 1.00. The maximum atomic E-state index is 12.2. The van der Waals surface area contributed by atoms with Crippen molar-refractivity contribution in [3.8, 4) is 0 Å². The summed E-state index contributed by atoms with van der Waals surface area (Å²) in [5, 5.41) is 60.9. The van der Waals surface area contributed by atoms with Crippen molar-refractivity contribution in [3.63, 3.8) is 0 Å². The van der Waals surface area contributed by atoms with Gasteiger partial charge < -0.3 is 47.9 Å². The smallest absolute Gasteiger partial charge is 0.115 e. The molecule has 13 heteroatoms. The lowest BCUT2D eigenvalue weighted by Gasteiger charge is -2.38. The third-order valence-corrected chi connectivity index (χ3v) is 25.9. The lowest BCUT2D eigenvalue weighted by molar-refractivity contribution is -0.893. The predicted octanol–water partition coefficient (Wildman–Crippen LogP) is 23.8. The second-order valence-corrected chi connectivity index (χ2v) is 42.1. The van der Waals surface area contributed by atoms with Crippen LogP contribution in [-0.2, 0) is 0 Å². The quantitative estimate of drug-likeness (QED) is 0.0303. The number of nitrogens with zero attached hydrogens (tertiary/aromatic N) is 8. The van der Waals surface area contributed by atoms with Crippen LogP contribution in [0.2, 0.25) is 0 Å². The number of quaternary nitrogens is 5. The van der Waals surface area contributed by atoms with Gasteiger partial charge in [0.05, 0.1) is 104 Å². The average molecular weight is 1640 g/mol. The third-order valence-electron chi connectivity index (χ3n) is 25.9. The minimum Gasteiger partial charge on any atom is -0.386 e. The highest BCUT2D eigenvalue weighted by Crippen LogP contribution is 2.22. The number of aliphatic hydroxyl groups is 5. The van der Waals surface area contributed by atoms with Crippen LogP contribution in [0.5, 0.6) is 0 Å². The molecule has 0 aromatic heterocycles. The summed E-state index contributed by atoms with van der Waals surface area (Å²) in [7, 11) is 24.9. The van der Waals surface area contributed by atoms with E-state index < -0.39 is 30.5 Å². The van der Waals surface area contributed by atoms with Crippen LogP contribution in [0.3, 0.4) is 0 Å². The van der Waals surface area contributed by atoms with Crippen LogP contribution in [0.15, 0.2) is 0 Å². The van der Waals surface area contributed by atoms with Gasteiger partial charge in [-0.15, -0.1) is 0 Å². The Morgan fingerprint density at radius 1 is 0.165 bits per heavy atom. The molecule has 0 aliphatic rings. The van der Waals surface area contributed by atoms with Crippen molar-refractivity contribution in [2.75, 3.05) is 195 Å². The molecule has 5 atom stereocenters. The first-order chi connectivity index (χ1) is 55.2. The standard InChI is InChI=1S/C102H219N8O5/c1-16-20-24-28-32-36-40-44-48-52-56-60-64-68-72-76-84-107(8,9)94-99(112)89-104(90-100(113)95-108(10,11)85-77-73-69-65-61-57-53-49-45-41-37-33-29-25-21-17-2)82-80-103(88-98(111)93-106(5,6)7)81-83-105(91-101(114)96-109(12,13)86-78-74-70-66-62-58-54-50-46-42-38-34-30-26-22-18-3)92-102(115)97-110(14,15)87-79-75-71-67-63-59-55-51-47-43-39-35-31-27-23-19-4/h98-102,111-115H,16-97H2,1-15H3/q+5. The molecule has 0 aromatic rings. The van der Waals surface area contributed by atoms with Gasteiger partial charge in [0.1, 0.15) is 63.2 Å². The maximum absolute atomic E-state index is 12.2. The lowest BCUT2D eigenvalue weighted by Crippen LogP contribution is -2.54. The topological polar surface area (TPSA) is 111 Å². The van der Waals surface area contributed by atoms with E-state index in [1.54, 1.807) is 0 Å². The van der Waals surface area contributed by atoms with Gasteiger partial charge in [0.15, 0.2) is 0 Å². The van der Waals surface area contributed by atoms with E-state index in [2.05, 4.69) is 120 Å². The molecule has 0 saturated heterocycles. The first-order valence-electron chi connectivity index (χ1n) is 51.8. The number of likely N-dealkylation sites (N-methyl/N-ethyl adjacent to an activating group) is 5. The molecule has 0 amide bonds. The van der Waals surface area contributed by atoms with E-state index >= 15 is 0 Å². The molecular weight excluding hydrogens is 1420 g/mol. The highest BCUT2D eigenvalue weighted by molar-refractivity contribution is 4.77. The summed E-state index contributed by atoms with van der Waals surface area (Å²) in [6.07, 6.45) is 84.6. The number of unbranched alkanes of at least 4 members (excludes halogenated alkanes) is 60. The van der Waals surface area contributed by atoms with Gasteiger partial charge in [-0.25, -0.2) is 0 Å². The van der Waals surface area contributed by atoms with Crippen molar-refractivity contribution < 1.29 is 47.9 Å². The minimum atomic E-state index is -0.551. The minimum absolute atomic E-state index is 0.491. The Hall–Kier alpha value is -0.520. The Bertz CT molecular complexity index is 1730. The SMILES string of the molecule is CCCCCCCCCCCCCCCCCC[N+](C)(C)CC(O)CN(CCN(CCN(CC(O)C[N+](C)(C)CCCCCCCCCCCCCCCCCC)CC(O)C[N+](C)(C)CCCCCCCCCCCCCCCCCC)CC(O)C[N+](C)(C)C)CC(O)C[N+](C)(C)CCCCCCCCCCCCCCCCCC. The second-order valence-electron chi connectivity index (χ2n) is 42.1. The summed E-state index contributed by atoms with van der Waals surface area (Å²) in [6.45, 7) is 21.8. The van der Waals surface area contributed by atoms with Gasteiger partial charge >= 0.3 is 0 Å². The molecule has 5 N–H and O–H groups in total. The van der Waals surface area contributed by atoms with Crippen molar-refractivity contribution in [1.82, 2.24) is 14.7 Å². The molecule has 5 unspecified atom stereocenters. The summed E-state index contributed by atoms with van der Waals surface area (Å²) in [5.41, 5.74) is 0. The van der Waals surface area contributed by atoms with Crippen LogP contribution in [0.1, 0.15) is 439 Å². The first-order valence-corrected chi connectivity index (χ1v) is 51.8. The predicted molar refractivity (Wildman–Crippen MR) is 508 cm³/mol. The second kappa shape index (κ2) is 78.2. The summed E-state index contributed by atoms with van der Waals surface area (Å²) >= 11 is 0. The Kier molecular flexibility index (Phi) is 77.9. The monoisotopic (exact) mass is 1640 g/mol. The van der Waals surface area contributed by atoms with Gasteiger partial charge in [-0.3, -0.25) is 14.7 Å². The van der Waals surface area contributed by atoms with Crippen LogP contribution in [0.25, 0.3) is 0 Å². The molecule has 0 spiro atoms. The molecule has 115 heavy (non-hydrogen) atoms. The van der Waals surface area contributed by atoms with E-state index in [0.717, 1.165) is 44.1 Å². The first kappa shape index (κ1) is 114. The molecule has 0 aliphatic carbocycles. The molecule has 0 heterocycles. The molecule has 0 saturated carbocycles. The van der Waals surface area contributed by atoms with E-state index in [9.17, 15) is 25.5 Å². The molecule has 0 aromatic carbocycles. The summed E-state index contributed by atoms with van der Waals surface area (Å²) < 4.78 is 3.78. The van der Waals surface area contributed by atoms with Crippen LogP contribution in [0.4, 0.5) is 0 Å². The van der Waals surface area contributed by atoms with Crippen LogP contribution < -0.4 is 0 Å². The van der Waals surface area contributed by atoms with Crippen LogP contribution in [0, 0.1) is 0 Å². The molecule has 0 bridgehead atoms. The van der Waals surface area contributed by atoms with Crippen LogP contribution in [-0.4, -0.2) is 288 Å². The Labute approximate surface area is 723 Å². The van der Waals surface area contributed by atoms with Crippen molar-refractivity contribution in [2.24, 2.45) is 0 Å². The van der Waals surface area contributed by atoms with Crippen molar-refractivity contribution >= 4 is 0 Å². The van der Waals surface area contributed by atoms with Gasteiger partial charge in [0.2, 0.25) is 0 Å². The van der Waals surface area contributed by atoms with E-state index in [-0.39, 0.29) is 0 Å². The largest absolute Gasteiger partial charge is 0.386 e. The number of aliphatic hydroxyl groups excluding tert-OH is 5. The molecule has 13 nitrogen and oxygen atoms in total. The summed E-state index contributed by atoms with van der Waals surface area (Å²) in [4.78, 5) is 7.12. The van der Waals surface area contributed by atoms with E-state index in [4.69, 9.17) is 0 Å². The summed E-state index contributed by atoms with van der Waals surface area (Å²) in [5.74, 6) is 0. The number of rotatable bonds is 94. The van der Waals surface area contributed by atoms with Crippen molar-refractivity contribution in [3.05, 3.63) is 0 Å². The molecule has 692 valence electrons. The zero-order chi connectivity index (χ0) is 85.1. The molecule has 0 radical (unpaired) electrons. The number of hydrogen-bond donors (Lipinski definition) is 5. The van der Waals surface area contributed by atoms with Gasteiger partial charge in [-0.2, -0.15) is 0 Å². The lowest BCUT2D eigenvalue weighted by atomic mass is 10.0. The fourth-order valence-electron chi connectivity index (χ4n) is 18.8. The third kappa shape index (κ3) is 82.8. The van der Waals surface area contributed by atoms with E-state index in [1.165, 1.54) is 411 Å². The molecule has 0 rings (SSSR count). The van der Waals surface area contributed by atoms with Crippen LogP contribution >= 0.6 is 0 Å². The molecule has 0 aliphatic heterocycles. The zero-order valence-corrected chi connectivity index (χ0v) is 81.7. The van der Waals surface area contributed by atoms with E-state index in [1.807, 2.05) is 0 Å². The summed E-state index contributed by atoms with van der Waals surface area (Å²) in [6, 6.07) is 0. The normalized spacial score (nSPS) is 14.2. The molecular formula is C102H219N8O5+5. The van der Waals surface area contributed by atoms with Crippen molar-refractivity contribution in [2.45, 2.75) is 469 Å². The van der Waals surface area contributed by atoms with Gasteiger partial charge in [-0.1, -0.05) is 387 Å². The Morgan fingerprint density at radius 2 is 0.287 bits per heavy atom. The zero-order valence-electron chi connectivity index (χ0n) is 81.7. The van der Waals surface area contributed by atoms with Crippen molar-refractivity contribution in [1.29, 1.82) is 0 Å². The fourth-order valence-corrected chi connectivity index (χ4v) is 18.8. The Morgan fingerprint density at radius 3 is 0.435 bits per heavy atom. The van der Waals surface area contributed by atoms with Gasteiger partial charge in [-0.05, 0) is 51.4 Å². The van der Waals surface area contributed by atoms with Gasteiger partial charge in [0.25, 0.3) is 0 Å². The average Bonchev–Trinajstić information content (AvgIpc) is 0.885. The molecule has 0 fully saturated rings. The highest BCUT2D eigenvalue weighted by atomic mass is 16.3. The maximum Gasteiger partial charge on any atom is 0.115 e. The number of hydrogen-bond acceptors (Lipinski definition) is 8. The van der Waals surface area contributed by atoms with Gasteiger partial charge in [0, 0.05) is 58.9 Å².